The van der Waals surface area contributed by atoms with Crippen LogP contribution in [0, 0.1) is 46.3 Å². The number of para-hydroxylation sites is 2. The number of aromatic nitrogens is 2. The Morgan fingerprint density at radius 1 is 0.619 bits per heavy atom. The molecule has 2 aromatic heterocycles. The van der Waals surface area contributed by atoms with Gasteiger partial charge >= 0.3 is 0 Å². The Bertz CT molecular complexity index is 1640. The van der Waals surface area contributed by atoms with E-state index in [1.54, 1.807) is 0 Å². The fourth-order valence-corrected chi connectivity index (χ4v) is 10.4. The van der Waals surface area contributed by atoms with E-state index in [9.17, 15) is 10.5 Å². The fraction of sp³-hybridized carbons (Fsp3) is 0.500. The molecule has 8 bridgehead atoms. The van der Waals surface area contributed by atoms with Crippen molar-refractivity contribution in [2.24, 2.45) is 23.7 Å². The van der Waals surface area contributed by atoms with E-state index in [1.165, 1.54) is 70.3 Å². The summed E-state index contributed by atoms with van der Waals surface area (Å²) in [4.78, 5) is 12.6. The highest BCUT2D eigenvalue weighted by molar-refractivity contribution is 5.86. The Hall–Kier alpha value is -3.58. The van der Waals surface area contributed by atoms with E-state index in [-0.39, 0.29) is 11.8 Å². The van der Waals surface area contributed by atoms with Gasteiger partial charge in [-0.3, -0.25) is 9.80 Å². The molecule has 2 saturated carbocycles. The van der Waals surface area contributed by atoms with Crippen molar-refractivity contribution in [1.82, 2.24) is 19.8 Å². The van der Waals surface area contributed by atoms with E-state index in [1.807, 2.05) is 0 Å². The molecular weight excluding hydrogens is 516 g/mol. The molecule has 10 atom stereocenters. The topological polar surface area (TPSA) is 85.6 Å². The summed E-state index contributed by atoms with van der Waals surface area (Å²) in [6.07, 6.45) is 7.00. The molecule has 2 aliphatic carbocycles. The first-order chi connectivity index (χ1) is 20.7. The van der Waals surface area contributed by atoms with Crippen molar-refractivity contribution in [1.29, 1.82) is 10.5 Å². The van der Waals surface area contributed by atoms with Crippen LogP contribution in [0.1, 0.15) is 60.0 Å². The van der Waals surface area contributed by atoms with Gasteiger partial charge in [-0.25, -0.2) is 0 Å². The van der Waals surface area contributed by atoms with Crippen LogP contribution in [0.4, 0.5) is 0 Å². The Morgan fingerprint density at radius 3 is 1.52 bits per heavy atom. The normalized spacial score (nSPS) is 37.0. The van der Waals surface area contributed by atoms with Gasteiger partial charge in [0.1, 0.15) is 0 Å². The lowest BCUT2D eigenvalue weighted by Crippen LogP contribution is -2.55. The van der Waals surface area contributed by atoms with Gasteiger partial charge in [0.25, 0.3) is 0 Å². The van der Waals surface area contributed by atoms with E-state index in [2.05, 4.69) is 80.4 Å². The monoisotopic (exact) mass is 554 g/mol. The SMILES string of the molecule is N#C[C@@H]1C[C@H]2C[C@@H]3c4[nH]c5ccccc5c4CCN(C2)[C@H]13.N#C[C@H]1C[C@@H]2C[C@H]3c4[nH]c5ccccc5c4CCN(C2)[C@@H]13. The first-order valence-electron chi connectivity index (χ1n) is 16.2. The van der Waals surface area contributed by atoms with Crippen LogP contribution in [0.15, 0.2) is 48.5 Å². The average Bonchev–Trinajstić information content (AvgIpc) is 3.55. The maximum atomic E-state index is 9.56. The van der Waals surface area contributed by atoms with Gasteiger partial charge in [-0.05, 0) is 73.6 Å². The van der Waals surface area contributed by atoms with Crippen LogP contribution in [0.3, 0.4) is 0 Å². The van der Waals surface area contributed by atoms with Crippen molar-refractivity contribution in [2.75, 3.05) is 26.2 Å². The molecule has 42 heavy (non-hydrogen) atoms. The summed E-state index contributed by atoms with van der Waals surface area (Å²) < 4.78 is 0. The second kappa shape index (κ2) is 9.46. The molecule has 6 nitrogen and oxygen atoms in total. The maximum Gasteiger partial charge on any atom is 0.0672 e. The van der Waals surface area contributed by atoms with Crippen molar-refractivity contribution in [3.8, 4) is 12.1 Å². The Balaban J connectivity index is 0.000000119. The Labute approximate surface area is 247 Å². The number of piperidine rings is 4. The number of nitrogens with zero attached hydrogens (tertiary/aromatic N) is 4. The van der Waals surface area contributed by atoms with Gasteiger partial charge in [0.05, 0.1) is 24.0 Å². The smallest absolute Gasteiger partial charge is 0.0672 e. The lowest BCUT2D eigenvalue weighted by atomic mass is 9.66. The van der Waals surface area contributed by atoms with Gasteiger partial charge in [0.2, 0.25) is 0 Å². The number of H-pyrrole nitrogens is 2. The molecule has 12 rings (SSSR count). The second-order valence-electron chi connectivity index (χ2n) is 14.0. The van der Waals surface area contributed by atoms with Gasteiger partial charge in [-0.1, -0.05) is 36.4 Å². The van der Waals surface area contributed by atoms with Gasteiger partial charge < -0.3 is 9.97 Å². The molecular formula is C36H38N6. The minimum atomic E-state index is 0.222. The van der Waals surface area contributed by atoms with E-state index >= 15 is 0 Å². The summed E-state index contributed by atoms with van der Waals surface area (Å²) in [5, 5.41) is 21.9. The van der Waals surface area contributed by atoms with E-state index in [0.717, 1.165) is 38.8 Å². The van der Waals surface area contributed by atoms with E-state index in [0.29, 0.717) is 35.8 Å². The third-order valence-corrected chi connectivity index (χ3v) is 11.9. The van der Waals surface area contributed by atoms with Crippen LogP contribution >= 0.6 is 0 Å². The average molecular weight is 555 g/mol. The fourth-order valence-electron chi connectivity index (χ4n) is 10.4. The molecule has 0 radical (unpaired) electrons. The third-order valence-electron chi connectivity index (χ3n) is 11.9. The highest BCUT2D eigenvalue weighted by atomic mass is 15.2. The molecule has 2 aromatic carbocycles. The maximum absolute atomic E-state index is 9.56. The molecule has 2 unspecified atom stereocenters. The summed E-state index contributed by atoms with van der Waals surface area (Å²) in [7, 11) is 0. The Kier molecular flexibility index (Phi) is 5.63. The number of fused-ring (bicyclic) bond motifs is 8. The molecule has 6 heteroatoms. The molecule has 6 fully saturated rings. The van der Waals surface area contributed by atoms with E-state index < -0.39 is 0 Å². The quantitative estimate of drug-likeness (QED) is 0.276. The van der Waals surface area contributed by atoms with Gasteiger partial charge in [-0.15, -0.1) is 0 Å². The molecule has 0 spiro atoms. The van der Waals surface area contributed by atoms with Gasteiger partial charge in [0.15, 0.2) is 0 Å². The van der Waals surface area contributed by atoms with Crippen LogP contribution < -0.4 is 0 Å². The summed E-state index contributed by atoms with van der Waals surface area (Å²) >= 11 is 0. The van der Waals surface area contributed by atoms with Gasteiger partial charge in [-0.2, -0.15) is 10.5 Å². The van der Waals surface area contributed by atoms with Crippen LogP contribution in [0.5, 0.6) is 0 Å². The predicted octanol–water partition coefficient (Wildman–Crippen LogP) is 6.08. The van der Waals surface area contributed by atoms with Crippen LogP contribution in [0.2, 0.25) is 0 Å². The number of aromatic amines is 2. The first-order valence-corrected chi connectivity index (χ1v) is 16.2. The van der Waals surface area contributed by atoms with Crippen molar-refractivity contribution < 1.29 is 0 Å². The number of nitrogens with one attached hydrogen (secondary N) is 2. The number of nitriles is 2. The zero-order valence-electron chi connectivity index (χ0n) is 24.1. The van der Waals surface area contributed by atoms with Crippen molar-refractivity contribution in [2.45, 2.75) is 62.4 Å². The predicted molar refractivity (Wildman–Crippen MR) is 164 cm³/mol. The minimum absolute atomic E-state index is 0.222. The summed E-state index contributed by atoms with van der Waals surface area (Å²) in [6.45, 7) is 4.65. The van der Waals surface area contributed by atoms with Crippen molar-refractivity contribution in [3.05, 3.63) is 71.0 Å². The third kappa shape index (κ3) is 3.62. The molecule has 8 aliphatic rings. The molecule has 4 aromatic rings. The number of hydrogen-bond acceptors (Lipinski definition) is 4. The molecule has 6 aliphatic heterocycles. The highest BCUT2D eigenvalue weighted by Gasteiger charge is 2.50. The first kappa shape index (κ1) is 25.0. The summed E-state index contributed by atoms with van der Waals surface area (Å²) in [5.41, 5.74) is 8.45. The largest absolute Gasteiger partial charge is 0.358 e. The number of hydrogen-bond donors (Lipinski definition) is 2. The molecule has 2 N–H and O–H groups in total. The van der Waals surface area contributed by atoms with Crippen molar-refractivity contribution >= 4 is 21.8 Å². The lowest BCUT2D eigenvalue weighted by molar-refractivity contribution is 0.00769. The minimum Gasteiger partial charge on any atom is -0.358 e. The van der Waals surface area contributed by atoms with Gasteiger partial charge in [0, 0.05) is 83.3 Å². The Morgan fingerprint density at radius 2 is 1.07 bits per heavy atom. The van der Waals surface area contributed by atoms with Crippen molar-refractivity contribution in [3.63, 3.8) is 0 Å². The standard InChI is InChI=1S/2C18H19N3/c2*19-9-12-7-11-8-15-17-14(5-6-21(10-11)18(12)15)13-3-1-2-4-16(13)20-17/h2*1-4,11-12,15,18,20H,5-8,10H2/t2*11-,12-,15+,18+/m10/s1. The summed E-state index contributed by atoms with van der Waals surface area (Å²) in [6, 6.07) is 23.4. The lowest BCUT2D eigenvalue weighted by Gasteiger charge is -2.51. The zero-order valence-corrected chi connectivity index (χ0v) is 24.1. The number of benzene rings is 2. The molecule has 212 valence electrons. The second-order valence-corrected chi connectivity index (χ2v) is 14.0. The molecule has 8 heterocycles. The van der Waals surface area contributed by atoms with Crippen LogP contribution in [-0.4, -0.2) is 58.0 Å². The van der Waals surface area contributed by atoms with Crippen LogP contribution in [0.25, 0.3) is 21.8 Å². The van der Waals surface area contributed by atoms with Crippen LogP contribution in [-0.2, 0) is 12.8 Å². The number of rotatable bonds is 0. The van der Waals surface area contributed by atoms with E-state index in [4.69, 9.17) is 0 Å². The highest BCUT2D eigenvalue weighted by Crippen LogP contribution is 2.51. The molecule has 4 saturated heterocycles. The molecule has 0 amide bonds. The zero-order chi connectivity index (χ0) is 27.9. The summed E-state index contributed by atoms with van der Waals surface area (Å²) in [5.74, 6) is 2.93.